The van der Waals surface area contributed by atoms with Crippen molar-refractivity contribution in [2.75, 3.05) is 13.6 Å². The van der Waals surface area contributed by atoms with Gasteiger partial charge in [-0.3, -0.25) is 19.2 Å². The van der Waals surface area contributed by atoms with E-state index in [9.17, 15) is 22.8 Å². The first-order valence-corrected chi connectivity index (χ1v) is 9.86. The first kappa shape index (κ1) is 27.1. The highest BCUT2D eigenvalue weighted by atomic mass is 19.4. The maximum Gasteiger partial charge on any atom is 0.490 e. The van der Waals surface area contributed by atoms with E-state index >= 15 is 0 Å². The minimum Gasteiger partial charge on any atom is -0.475 e. The third-order valence-corrected chi connectivity index (χ3v) is 4.98. The van der Waals surface area contributed by atoms with E-state index in [-0.39, 0.29) is 18.1 Å². The number of alkyl halides is 3. The number of aromatic amines is 1. The fourth-order valence-electron chi connectivity index (χ4n) is 3.48. The predicted octanol–water partition coefficient (Wildman–Crippen LogP) is 3.62. The molecular formula is C21H29F3N4O4. The van der Waals surface area contributed by atoms with E-state index in [4.69, 9.17) is 9.90 Å². The van der Waals surface area contributed by atoms with Crippen molar-refractivity contribution >= 4 is 17.5 Å². The average Bonchev–Trinajstić information content (AvgIpc) is 3.11. The van der Waals surface area contributed by atoms with Crippen molar-refractivity contribution in [3.63, 3.8) is 0 Å². The Morgan fingerprint density at radius 1 is 1.16 bits per heavy atom. The number of nitrogens with one attached hydrogen (secondary N) is 1. The first-order valence-electron chi connectivity index (χ1n) is 9.86. The molecule has 2 aromatic heterocycles. The van der Waals surface area contributed by atoms with Crippen LogP contribution in [0.1, 0.15) is 62.9 Å². The third-order valence-electron chi connectivity index (χ3n) is 4.98. The molecule has 0 aliphatic heterocycles. The van der Waals surface area contributed by atoms with Gasteiger partial charge >= 0.3 is 12.1 Å². The van der Waals surface area contributed by atoms with Gasteiger partial charge in [-0.2, -0.15) is 18.3 Å². The molecule has 32 heavy (non-hydrogen) atoms. The maximum atomic E-state index is 12.7. The van der Waals surface area contributed by atoms with Gasteiger partial charge in [-0.1, -0.05) is 0 Å². The Labute approximate surface area is 184 Å². The summed E-state index contributed by atoms with van der Waals surface area (Å²) in [6, 6.07) is 0. The summed E-state index contributed by atoms with van der Waals surface area (Å²) in [5.74, 6) is -2.78. The van der Waals surface area contributed by atoms with Crippen molar-refractivity contribution < 1.29 is 32.7 Å². The summed E-state index contributed by atoms with van der Waals surface area (Å²) in [5.41, 5.74) is 5.98. The normalized spacial score (nSPS) is 11.3. The molecule has 0 radical (unpaired) electrons. The number of carbonyl (C=O) groups excluding carboxylic acids is 2. The van der Waals surface area contributed by atoms with Gasteiger partial charge in [0.1, 0.15) is 0 Å². The van der Waals surface area contributed by atoms with Gasteiger partial charge in [-0.15, -0.1) is 0 Å². The van der Waals surface area contributed by atoms with Crippen LogP contribution in [0.5, 0.6) is 0 Å². The van der Waals surface area contributed by atoms with Crippen LogP contribution in [-0.2, 0) is 17.9 Å². The lowest BCUT2D eigenvalue weighted by molar-refractivity contribution is -0.192. The molecule has 0 fully saturated rings. The second-order valence-electron chi connectivity index (χ2n) is 7.54. The van der Waals surface area contributed by atoms with Crippen LogP contribution in [0.3, 0.4) is 0 Å². The van der Waals surface area contributed by atoms with Gasteiger partial charge in [-0.05, 0) is 54.2 Å². The molecule has 2 rings (SSSR count). The molecule has 0 amide bonds. The van der Waals surface area contributed by atoms with E-state index in [2.05, 4.69) is 23.9 Å². The van der Waals surface area contributed by atoms with Crippen LogP contribution in [0.25, 0.3) is 0 Å². The zero-order valence-electron chi connectivity index (χ0n) is 19.3. The number of H-pyrrole nitrogens is 1. The Hall–Kier alpha value is -2.95. The lowest BCUT2D eigenvalue weighted by Crippen LogP contribution is -2.26. The zero-order valence-corrected chi connectivity index (χ0v) is 19.3. The van der Waals surface area contributed by atoms with Gasteiger partial charge in [-0.25, -0.2) is 4.79 Å². The molecule has 8 nitrogen and oxygen atoms in total. The van der Waals surface area contributed by atoms with E-state index in [0.717, 1.165) is 29.2 Å². The van der Waals surface area contributed by atoms with Gasteiger partial charge in [0.2, 0.25) is 0 Å². The van der Waals surface area contributed by atoms with Crippen LogP contribution < -0.4 is 0 Å². The molecule has 0 atom stereocenters. The van der Waals surface area contributed by atoms with Gasteiger partial charge in [0.25, 0.3) is 0 Å². The van der Waals surface area contributed by atoms with Crippen molar-refractivity contribution in [3.8, 4) is 0 Å². The second-order valence-corrected chi connectivity index (χ2v) is 7.54. The van der Waals surface area contributed by atoms with Crippen LogP contribution in [0.15, 0.2) is 0 Å². The molecular weight excluding hydrogens is 429 g/mol. The fourth-order valence-corrected chi connectivity index (χ4v) is 3.48. The highest BCUT2D eigenvalue weighted by molar-refractivity contribution is 6.03. The van der Waals surface area contributed by atoms with Gasteiger partial charge < -0.3 is 10.1 Å². The Morgan fingerprint density at radius 2 is 1.69 bits per heavy atom. The molecule has 0 spiro atoms. The van der Waals surface area contributed by atoms with Gasteiger partial charge in [0.15, 0.2) is 11.6 Å². The average molecular weight is 458 g/mol. The number of carboxylic acids is 1. The Kier molecular flexibility index (Phi) is 8.95. The molecule has 2 heterocycles. The maximum absolute atomic E-state index is 12.7. The molecule has 178 valence electrons. The van der Waals surface area contributed by atoms with Crippen molar-refractivity contribution in [2.45, 2.75) is 60.8 Å². The number of halogens is 3. The third kappa shape index (κ3) is 6.52. The molecule has 0 saturated carbocycles. The second kappa shape index (κ2) is 10.6. The topological polar surface area (TPSA) is 108 Å². The minimum atomic E-state index is -5.08. The number of hydrogen-bond acceptors (Lipinski definition) is 5. The van der Waals surface area contributed by atoms with Gasteiger partial charge in [0.05, 0.1) is 17.9 Å². The summed E-state index contributed by atoms with van der Waals surface area (Å²) in [5, 5.41) is 11.7. The van der Waals surface area contributed by atoms with Crippen LogP contribution in [0.2, 0.25) is 0 Å². The Bertz CT molecular complexity index is 1010. The number of Topliss-reactive ketones (excluding diaryl/α,β-unsaturated/α-hetero) is 2. The first-order chi connectivity index (χ1) is 14.6. The highest BCUT2D eigenvalue weighted by Gasteiger charge is 2.38. The Morgan fingerprint density at radius 3 is 2.06 bits per heavy atom. The standard InChI is InChI=1S/C19H28N4O2.C2HF3O2/c1-8-23-14(5)16(12(3)21-23)9-22(7)10-17(25)19-11(2)18(15(6)24)13(4)20-19;3-2(4,5)1(6)7/h20H,8-10H2,1-7H3;(H,6,7). The number of likely N-dealkylation sites (N-methyl/N-ethyl adjacent to an activating group) is 1. The molecule has 11 heteroatoms. The lowest BCUT2D eigenvalue weighted by atomic mass is 10.1. The SMILES string of the molecule is CCn1nc(C)c(CN(C)CC(=O)c2[nH]c(C)c(C(C)=O)c2C)c1C.O=C(O)C(F)(F)F. The van der Waals surface area contributed by atoms with Crippen LogP contribution in [0.4, 0.5) is 13.2 Å². The van der Waals surface area contributed by atoms with Crippen molar-refractivity contribution in [2.24, 2.45) is 0 Å². The molecule has 0 unspecified atom stereocenters. The van der Waals surface area contributed by atoms with E-state index in [0.29, 0.717) is 17.8 Å². The summed E-state index contributed by atoms with van der Waals surface area (Å²) in [6.45, 7) is 13.1. The number of hydrogen-bond donors (Lipinski definition) is 2. The number of aliphatic carboxylic acids is 1. The molecule has 2 aromatic rings. The summed E-state index contributed by atoms with van der Waals surface area (Å²) < 4.78 is 33.7. The van der Waals surface area contributed by atoms with E-state index in [1.807, 2.05) is 37.4 Å². The minimum absolute atomic E-state index is 0.00575. The van der Waals surface area contributed by atoms with E-state index in [1.165, 1.54) is 12.5 Å². The number of carbonyl (C=O) groups is 3. The number of aromatic nitrogens is 3. The van der Waals surface area contributed by atoms with Crippen LogP contribution in [-0.4, -0.2) is 62.1 Å². The molecule has 0 aliphatic carbocycles. The molecule has 0 saturated heterocycles. The Balaban J connectivity index is 0.000000633. The molecule has 0 aromatic carbocycles. The number of rotatable bonds is 7. The molecule has 0 bridgehead atoms. The van der Waals surface area contributed by atoms with Crippen molar-refractivity contribution in [1.29, 1.82) is 0 Å². The fraction of sp³-hybridized carbons (Fsp3) is 0.524. The smallest absolute Gasteiger partial charge is 0.475 e. The quantitative estimate of drug-likeness (QED) is 0.614. The number of carboxylic acid groups (broad SMARTS) is 1. The van der Waals surface area contributed by atoms with Crippen molar-refractivity contribution in [3.05, 3.63) is 39.5 Å². The summed E-state index contributed by atoms with van der Waals surface area (Å²) >= 11 is 0. The van der Waals surface area contributed by atoms with Crippen LogP contribution in [0, 0.1) is 27.7 Å². The monoisotopic (exact) mass is 458 g/mol. The summed E-state index contributed by atoms with van der Waals surface area (Å²) in [6.07, 6.45) is -5.08. The summed E-state index contributed by atoms with van der Waals surface area (Å²) in [7, 11) is 1.93. The lowest BCUT2D eigenvalue weighted by Gasteiger charge is -2.16. The summed E-state index contributed by atoms with van der Waals surface area (Å²) in [4.78, 5) is 38.4. The highest BCUT2D eigenvalue weighted by Crippen LogP contribution is 2.20. The van der Waals surface area contributed by atoms with E-state index < -0.39 is 12.1 Å². The number of aryl methyl sites for hydroxylation is 3. The largest absolute Gasteiger partial charge is 0.490 e. The van der Waals surface area contributed by atoms with Gasteiger partial charge in [0, 0.05) is 35.6 Å². The molecule has 2 N–H and O–H groups in total. The number of nitrogens with zero attached hydrogens (tertiary/aromatic N) is 3. The van der Waals surface area contributed by atoms with Crippen LogP contribution >= 0.6 is 0 Å². The molecule has 0 aliphatic rings. The predicted molar refractivity (Wildman–Crippen MR) is 112 cm³/mol. The number of ketones is 2. The van der Waals surface area contributed by atoms with E-state index in [1.54, 1.807) is 0 Å². The van der Waals surface area contributed by atoms with Crippen molar-refractivity contribution in [1.82, 2.24) is 19.7 Å². The zero-order chi connectivity index (χ0) is 25.0.